The van der Waals surface area contributed by atoms with E-state index in [1.54, 1.807) is 0 Å². The minimum atomic E-state index is 0.0108. The Hall–Kier alpha value is -3.07. The first-order chi connectivity index (χ1) is 13.4. The average molecular weight is 373 g/mol. The molecule has 0 aliphatic carbocycles. The predicted molar refractivity (Wildman–Crippen MR) is 115 cm³/mol. The van der Waals surface area contributed by atoms with Crippen molar-refractivity contribution in [2.75, 3.05) is 5.32 Å². The Labute approximate surface area is 167 Å². The Bertz CT molecular complexity index is 892. The lowest BCUT2D eigenvalue weighted by Gasteiger charge is -2.19. The molecule has 144 valence electrons. The van der Waals surface area contributed by atoms with Gasteiger partial charge < -0.3 is 10.1 Å². The first kappa shape index (κ1) is 19.7. The fourth-order valence-corrected chi connectivity index (χ4v) is 2.88. The van der Waals surface area contributed by atoms with Crippen molar-refractivity contribution in [3.8, 4) is 11.5 Å². The number of amides is 1. The molecule has 0 bridgehead atoms. The summed E-state index contributed by atoms with van der Waals surface area (Å²) in [5.74, 6) is 1.54. The Morgan fingerprint density at radius 3 is 2.04 bits per heavy atom. The number of rotatable bonds is 6. The van der Waals surface area contributed by atoms with Gasteiger partial charge in [0, 0.05) is 12.1 Å². The molecule has 0 unspecified atom stereocenters. The van der Waals surface area contributed by atoms with Gasteiger partial charge in [0.25, 0.3) is 0 Å². The Balaban J connectivity index is 1.49. The summed E-state index contributed by atoms with van der Waals surface area (Å²) in [5, 5.41) is 2.94. The van der Waals surface area contributed by atoms with Crippen molar-refractivity contribution in [2.45, 2.75) is 39.0 Å². The van der Waals surface area contributed by atoms with Crippen LogP contribution in [0.4, 0.5) is 5.69 Å². The number of anilines is 1. The molecular weight excluding hydrogens is 346 g/mol. The van der Waals surface area contributed by atoms with Gasteiger partial charge in [0.2, 0.25) is 5.91 Å². The number of hydrogen-bond donors (Lipinski definition) is 1. The van der Waals surface area contributed by atoms with Crippen molar-refractivity contribution in [2.24, 2.45) is 0 Å². The van der Waals surface area contributed by atoms with Gasteiger partial charge in [0.05, 0.1) is 0 Å². The number of benzene rings is 3. The van der Waals surface area contributed by atoms with Crippen LogP contribution in [0.5, 0.6) is 11.5 Å². The number of aryl methyl sites for hydroxylation is 1. The van der Waals surface area contributed by atoms with Crippen molar-refractivity contribution in [3.05, 3.63) is 90.0 Å². The predicted octanol–water partition coefficient (Wildman–Crippen LogP) is 6.35. The van der Waals surface area contributed by atoms with Gasteiger partial charge in [-0.2, -0.15) is 0 Å². The van der Waals surface area contributed by atoms with E-state index in [1.807, 2.05) is 54.6 Å². The molecule has 0 heterocycles. The standard InChI is InChI=1S/C25H27NO2/c1-25(2,3)20-12-9-19(10-13-20)11-18-24(27)26-21-14-16-23(17-15-21)28-22-7-5-4-6-8-22/h4-10,12-17H,11,18H2,1-3H3,(H,26,27). The van der Waals surface area contributed by atoms with E-state index in [0.717, 1.165) is 23.6 Å². The third kappa shape index (κ3) is 5.71. The normalized spacial score (nSPS) is 11.1. The second-order valence-corrected chi connectivity index (χ2v) is 7.93. The lowest BCUT2D eigenvalue weighted by molar-refractivity contribution is -0.116. The number of nitrogens with one attached hydrogen (secondary N) is 1. The van der Waals surface area contributed by atoms with Crippen LogP contribution in [0.2, 0.25) is 0 Å². The zero-order valence-corrected chi connectivity index (χ0v) is 16.7. The number of hydrogen-bond acceptors (Lipinski definition) is 2. The average Bonchev–Trinajstić information content (AvgIpc) is 2.68. The maximum atomic E-state index is 12.2. The molecule has 0 aliphatic heterocycles. The fraction of sp³-hybridized carbons (Fsp3) is 0.240. The first-order valence-corrected chi connectivity index (χ1v) is 9.62. The van der Waals surface area contributed by atoms with Crippen LogP contribution in [0.1, 0.15) is 38.3 Å². The largest absolute Gasteiger partial charge is 0.457 e. The Morgan fingerprint density at radius 2 is 1.43 bits per heavy atom. The third-order valence-electron chi connectivity index (χ3n) is 4.58. The van der Waals surface area contributed by atoms with E-state index in [0.29, 0.717) is 6.42 Å². The topological polar surface area (TPSA) is 38.3 Å². The van der Waals surface area contributed by atoms with Crippen LogP contribution in [0.25, 0.3) is 0 Å². The van der Waals surface area contributed by atoms with Crippen LogP contribution in [0, 0.1) is 0 Å². The van der Waals surface area contributed by atoms with Gasteiger partial charge in [-0.25, -0.2) is 0 Å². The summed E-state index contributed by atoms with van der Waals surface area (Å²) in [5.41, 5.74) is 3.40. The Morgan fingerprint density at radius 1 is 0.821 bits per heavy atom. The summed E-state index contributed by atoms with van der Waals surface area (Å²) in [6.45, 7) is 6.60. The van der Waals surface area contributed by atoms with Gasteiger partial charge in [0.1, 0.15) is 11.5 Å². The highest BCUT2D eigenvalue weighted by molar-refractivity contribution is 5.90. The maximum absolute atomic E-state index is 12.2. The summed E-state index contributed by atoms with van der Waals surface area (Å²) in [7, 11) is 0. The van der Waals surface area contributed by atoms with E-state index in [4.69, 9.17) is 4.74 Å². The molecule has 1 N–H and O–H groups in total. The molecular formula is C25H27NO2. The van der Waals surface area contributed by atoms with Crippen molar-refractivity contribution < 1.29 is 9.53 Å². The molecule has 3 aromatic carbocycles. The molecule has 3 nitrogen and oxygen atoms in total. The van der Waals surface area contributed by atoms with Crippen LogP contribution < -0.4 is 10.1 Å². The number of carbonyl (C=O) groups is 1. The van der Waals surface area contributed by atoms with E-state index in [2.05, 4.69) is 50.4 Å². The van der Waals surface area contributed by atoms with Gasteiger partial charge in [-0.05, 0) is 59.4 Å². The second kappa shape index (κ2) is 8.75. The summed E-state index contributed by atoms with van der Waals surface area (Å²) in [4.78, 5) is 12.2. The molecule has 3 heteroatoms. The van der Waals surface area contributed by atoms with Crippen molar-refractivity contribution in [1.82, 2.24) is 0 Å². The molecule has 0 fully saturated rings. The highest BCUT2D eigenvalue weighted by atomic mass is 16.5. The number of ether oxygens (including phenoxy) is 1. The summed E-state index contributed by atoms with van der Waals surface area (Å²) < 4.78 is 5.76. The zero-order chi connectivity index (χ0) is 20.0. The van der Waals surface area contributed by atoms with Gasteiger partial charge in [-0.1, -0.05) is 63.2 Å². The summed E-state index contributed by atoms with van der Waals surface area (Å²) >= 11 is 0. The van der Waals surface area contributed by atoms with Crippen LogP contribution >= 0.6 is 0 Å². The monoisotopic (exact) mass is 373 g/mol. The lowest BCUT2D eigenvalue weighted by atomic mass is 9.86. The molecule has 1 amide bonds. The molecule has 3 rings (SSSR count). The fourth-order valence-electron chi connectivity index (χ4n) is 2.88. The SMILES string of the molecule is CC(C)(C)c1ccc(CCC(=O)Nc2ccc(Oc3ccccc3)cc2)cc1. The molecule has 0 saturated heterocycles. The lowest BCUT2D eigenvalue weighted by Crippen LogP contribution is -2.13. The Kier molecular flexibility index (Phi) is 6.15. The number of carbonyl (C=O) groups excluding carboxylic acids is 1. The molecule has 0 spiro atoms. The van der Waals surface area contributed by atoms with Crippen LogP contribution in [0.15, 0.2) is 78.9 Å². The first-order valence-electron chi connectivity index (χ1n) is 9.62. The maximum Gasteiger partial charge on any atom is 0.224 e. The van der Waals surface area contributed by atoms with Crippen molar-refractivity contribution in [1.29, 1.82) is 0 Å². The summed E-state index contributed by atoms with van der Waals surface area (Å²) in [6, 6.07) is 25.6. The quantitative estimate of drug-likeness (QED) is 0.547. The molecule has 0 aliphatic rings. The van der Waals surface area contributed by atoms with E-state index >= 15 is 0 Å². The van der Waals surface area contributed by atoms with Crippen molar-refractivity contribution in [3.63, 3.8) is 0 Å². The minimum absolute atomic E-state index is 0.0108. The molecule has 0 radical (unpaired) electrons. The molecule has 0 aromatic heterocycles. The van der Waals surface area contributed by atoms with E-state index in [1.165, 1.54) is 11.1 Å². The third-order valence-corrected chi connectivity index (χ3v) is 4.58. The highest BCUT2D eigenvalue weighted by Gasteiger charge is 2.13. The van der Waals surface area contributed by atoms with Gasteiger partial charge in [-0.3, -0.25) is 4.79 Å². The van der Waals surface area contributed by atoms with Gasteiger partial charge in [-0.15, -0.1) is 0 Å². The molecule has 28 heavy (non-hydrogen) atoms. The minimum Gasteiger partial charge on any atom is -0.457 e. The molecule has 0 saturated carbocycles. The smallest absolute Gasteiger partial charge is 0.224 e. The van der Waals surface area contributed by atoms with E-state index < -0.39 is 0 Å². The zero-order valence-electron chi connectivity index (χ0n) is 16.7. The molecule has 0 atom stereocenters. The van der Waals surface area contributed by atoms with E-state index in [9.17, 15) is 4.79 Å². The number of para-hydroxylation sites is 1. The van der Waals surface area contributed by atoms with Gasteiger partial charge in [0.15, 0.2) is 0 Å². The van der Waals surface area contributed by atoms with Crippen LogP contribution in [0.3, 0.4) is 0 Å². The van der Waals surface area contributed by atoms with E-state index in [-0.39, 0.29) is 11.3 Å². The molecule has 3 aromatic rings. The van der Waals surface area contributed by atoms with Crippen LogP contribution in [-0.2, 0) is 16.6 Å². The highest BCUT2D eigenvalue weighted by Crippen LogP contribution is 2.24. The second-order valence-electron chi connectivity index (χ2n) is 7.93. The summed E-state index contributed by atoms with van der Waals surface area (Å²) in [6.07, 6.45) is 1.18. The van der Waals surface area contributed by atoms with Crippen LogP contribution in [-0.4, -0.2) is 5.91 Å². The van der Waals surface area contributed by atoms with Gasteiger partial charge >= 0.3 is 0 Å². The van der Waals surface area contributed by atoms with Crippen molar-refractivity contribution >= 4 is 11.6 Å².